The van der Waals surface area contributed by atoms with Gasteiger partial charge in [0.1, 0.15) is 17.3 Å². The minimum absolute atomic E-state index is 0.181. The van der Waals surface area contributed by atoms with Gasteiger partial charge in [0.25, 0.3) is 0 Å². The number of amides is 2. The average Bonchev–Trinajstić information content (AvgIpc) is 2.95. The molecule has 1 aromatic heterocycles. The molecule has 124 valence electrons. The van der Waals surface area contributed by atoms with Gasteiger partial charge in [0, 0.05) is 17.5 Å². The van der Waals surface area contributed by atoms with Crippen LogP contribution in [-0.2, 0) is 5.41 Å². The van der Waals surface area contributed by atoms with Gasteiger partial charge in [-0.2, -0.15) is 0 Å². The molecule has 23 heavy (non-hydrogen) atoms. The van der Waals surface area contributed by atoms with Crippen molar-refractivity contribution in [1.82, 2.24) is 5.16 Å². The van der Waals surface area contributed by atoms with E-state index < -0.39 is 6.03 Å². The highest BCUT2D eigenvalue weighted by Crippen LogP contribution is 2.29. The zero-order valence-electron chi connectivity index (χ0n) is 13.9. The molecule has 0 saturated heterocycles. The maximum Gasteiger partial charge on any atom is 0.325 e. The quantitative estimate of drug-likeness (QED) is 0.898. The number of anilines is 2. The van der Waals surface area contributed by atoms with Crippen LogP contribution in [-0.4, -0.2) is 25.4 Å². The fourth-order valence-corrected chi connectivity index (χ4v) is 1.87. The first-order valence-electron chi connectivity index (χ1n) is 7.10. The largest absolute Gasteiger partial charge is 0.497 e. The topological polar surface area (TPSA) is 85.6 Å². The zero-order chi connectivity index (χ0) is 17.0. The van der Waals surface area contributed by atoms with E-state index in [4.69, 9.17) is 14.0 Å². The lowest BCUT2D eigenvalue weighted by Gasteiger charge is -2.12. The van der Waals surface area contributed by atoms with Gasteiger partial charge in [-0.25, -0.2) is 4.79 Å². The van der Waals surface area contributed by atoms with Gasteiger partial charge < -0.3 is 19.3 Å². The van der Waals surface area contributed by atoms with Crippen LogP contribution in [0.1, 0.15) is 26.5 Å². The molecular weight excluding hydrogens is 298 g/mol. The van der Waals surface area contributed by atoms with E-state index in [1.54, 1.807) is 31.4 Å². The summed E-state index contributed by atoms with van der Waals surface area (Å²) in [5.74, 6) is 2.16. The lowest BCUT2D eigenvalue weighted by Crippen LogP contribution is -2.20. The Balaban J connectivity index is 2.09. The standard InChI is InChI=1S/C16H21N3O4/c1-16(2,3)13-9-14(19-23-13)18-15(20)17-11-8-10(21-4)6-7-12(11)22-5/h6-9H,1-5H3,(H2,17,18,19,20). The van der Waals surface area contributed by atoms with Gasteiger partial charge in [-0.1, -0.05) is 25.9 Å². The highest BCUT2D eigenvalue weighted by Gasteiger charge is 2.20. The fourth-order valence-electron chi connectivity index (χ4n) is 1.87. The Bertz CT molecular complexity index is 689. The predicted octanol–water partition coefficient (Wildman–Crippen LogP) is 3.63. The van der Waals surface area contributed by atoms with Gasteiger partial charge in [-0.15, -0.1) is 0 Å². The van der Waals surface area contributed by atoms with Crippen molar-refractivity contribution in [2.24, 2.45) is 0 Å². The van der Waals surface area contributed by atoms with Crippen molar-refractivity contribution in [2.75, 3.05) is 24.9 Å². The van der Waals surface area contributed by atoms with Crippen molar-refractivity contribution in [3.63, 3.8) is 0 Å². The molecule has 1 heterocycles. The molecular formula is C16H21N3O4. The summed E-state index contributed by atoms with van der Waals surface area (Å²) < 4.78 is 15.6. The van der Waals surface area contributed by atoms with E-state index in [2.05, 4.69) is 15.8 Å². The predicted molar refractivity (Wildman–Crippen MR) is 87.4 cm³/mol. The number of ether oxygens (including phenoxy) is 2. The summed E-state index contributed by atoms with van der Waals surface area (Å²) in [6.45, 7) is 6.00. The average molecular weight is 319 g/mol. The first-order chi connectivity index (χ1) is 10.8. The van der Waals surface area contributed by atoms with Gasteiger partial charge in [-0.3, -0.25) is 5.32 Å². The summed E-state index contributed by atoms with van der Waals surface area (Å²) in [6.07, 6.45) is 0. The van der Waals surface area contributed by atoms with Crippen molar-refractivity contribution >= 4 is 17.5 Å². The van der Waals surface area contributed by atoms with Gasteiger partial charge in [-0.05, 0) is 12.1 Å². The maximum atomic E-state index is 12.1. The lowest BCUT2D eigenvalue weighted by atomic mass is 9.93. The molecule has 2 rings (SSSR count). The van der Waals surface area contributed by atoms with Crippen LogP contribution in [0, 0.1) is 0 Å². The molecule has 0 aliphatic heterocycles. The number of carbonyl (C=O) groups is 1. The van der Waals surface area contributed by atoms with Crippen LogP contribution in [0.5, 0.6) is 11.5 Å². The van der Waals surface area contributed by atoms with Crippen LogP contribution >= 0.6 is 0 Å². The number of aromatic nitrogens is 1. The third-order valence-electron chi connectivity index (χ3n) is 3.15. The molecule has 2 amide bonds. The van der Waals surface area contributed by atoms with Gasteiger partial charge >= 0.3 is 6.03 Å². The molecule has 7 heteroatoms. The highest BCUT2D eigenvalue weighted by molar-refractivity contribution is 6.00. The van der Waals surface area contributed by atoms with Crippen molar-refractivity contribution < 1.29 is 18.8 Å². The van der Waals surface area contributed by atoms with E-state index in [0.29, 0.717) is 28.8 Å². The summed E-state index contributed by atoms with van der Waals surface area (Å²) in [4.78, 5) is 12.1. The second kappa shape index (κ2) is 6.60. The number of urea groups is 1. The second-order valence-electron chi connectivity index (χ2n) is 5.97. The number of methoxy groups -OCH3 is 2. The van der Waals surface area contributed by atoms with Crippen molar-refractivity contribution in [3.05, 3.63) is 30.0 Å². The van der Waals surface area contributed by atoms with E-state index in [-0.39, 0.29) is 5.41 Å². The first kappa shape index (κ1) is 16.7. The maximum absolute atomic E-state index is 12.1. The second-order valence-corrected chi connectivity index (χ2v) is 5.97. The minimum Gasteiger partial charge on any atom is -0.497 e. The van der Waals surface area contributed by atoms with Crippen LogP contribution in [0.2, 0.25) is 0 Å². The van der Waals surface area contributed by atoms with Gasteiger partial charge in [0.15, 0.2) is 5.82 Å². The molecule has 2 aromatic rings. The number of hydrogen-bond acceptors (Lipinski definition) is 5. The third-order valence-corrected chi connectivity index (χ3v) is 3.15. The Hall–Kier alpha value is -2.70. The molecule has 0 aliphatic carbocycles. The van der Waals surface area contributed by atoms with Crippen LogP contribution in [0.3, 0.4) is 0 Å². The molecule has 0 fully saturated rings. The Kier molecular flexibility index (Phi) is 4.78. The molecule has 2 N–H and O–H groups in total. The highest BCUT2D eigenvalue weighted by atomic mass is 16.5. The van der Waals surface area contributed by atoms with E-state index in [9.17, 15) is 4.79 Å². The molecule has 0 spiro atoms. The van der Waals surface area contributed by atoms with Crippen LogP contribution < -0.4 is 20.1 Å². The molecule has 0 bridgehead atoms. The Labute approximate surface area is 134 Å². The monoisotopic (exact) mass is 319 g/mol. The number of hydrogen-bond donors (Lipinski definition) is 2. The number of nitrogens with zero attached hydrogens (tertiary/aromatic N) is 1. The van der Waals surface area contributed by atoms with Crippen LogP contribution in [0.25, 0.3) is 0 Å². The number of rotatable bonds is 4. The number of carbonyl (C=O) groups excluding carboxylic acids is 1. The Morgan fingerprint density at radius 2 is 1.87 bits per heavy atom. The first-order valence-corrected chi connectivity index (χ1v) is 7.10. The summed E-state index contributed by atoms with van der Waals surface area (Å²) >= 11 is 0. The number of nitrogens with one attached hydrogen (secondary N) is 2. The third kappa shape index (κ3) is 4.15. The van der Waals surface area contributed by atoms with E-state index in [1.165, 1.54) is 7.11 Å². The van der Waals surface area contributed by atoms with Crippen molar-refractivity contribution in [1.29, 1.82) is 0 Å². The summed E-state index contributed by atoms with van der Waals surface area (Å²) in [6, 6.07) is 6.37. The molecule has 0 saturated carbocycles. The number of benzene rings is 1. The van der Waals surface area contributed by atoms with Crippen LogP contribution in [0.15, 0.2) is 28.8 Å². The molecule has 0 aliphatic rings. The minimum atomic E-state index is -0.453. The summed E-state index contributed by atoms with van der Waals surface area (Å²) in [5.41, 5.74) is 0.309. The summed E-state index contributed by atoms with van der Waals surface area (Å²) in [5, 5.41) is 9.15. The van der Waals surface area contributed by atoms with Crippen molar-refractivity contribution in [2.45, 2.75) is 26.2 Å². The molecule has 0 atom stereocenters. The lowest BCUT2D eigenvalue weighted by molar-refractivity contribution is 0.261. The van der Waals surface area contributed by atoms with Crippen LogP contribution in [0.4, 0.5) is 16.3 Å². The van der Waals surface area contributed by atoms with E-state index in [0.717, 1.165) is 0 Å². The SMILES string of the molecule is COc1ccc(OC)c(NC(=O)Nc2cc(C(C)(C)C)on2)c1. The Morgan fingerprint density at radius 3 is 2.43 bits per heavy atom. The van der Waals surface area contributed by atoms with E-state index >= 15 is 0 Å². The molecule has 0 radical (unpaired) electrons. The Morgan fingerprint density at radius 1 is 1.13 bits per heavy atom. The molecule has 0 unspecified atom stereocenters. The normalized spacial score (nSPS) is 11.0. The van der Waals surface area contributed by atoms with Gasteiger partial charge in [0.05, 0.1) is 19.9 Å². The smallest absolute Gasteiger partial charge is 0.325 e. The molecule has 7 nitrogen and oxygen atoms in total. The summed E-state index contributed by atoms with van der Waals surface area (Å²) in [7, 11) is 3.08. The zero-order valence-corrected chi connectivity index (χ0v) is 13.9. The van der Waals surface area contributed by atoms with Gasteiger partial charge in [0.2, 0.25) is 0 Å². The fraction of sp³-hybridized carbons (Fsp3) is 0.375. The van der Waals surface area contributed by atoms with E-state index in [1.807, 2.05) is 20.8 Å². The van der Waals surface area contributed by atoms with Crippen molar-refractivity contribution in [3.8, 4) is 11.5 Å². The molecule has 1 aromatic carbocycles.